The van der Waals surface area contributed by atoms with Crippen molar-refractivity contribution in [2.75, 3.05) is 0 Å². The molecule has 17 heavy (non-hydrogen) atoms. The molecule has 1 aromatic carbocycles. The topological polar surface area (TPSA) is 26.0 Å². The molecule has 0 N–H and O–H groups in total. The van der Waals surface area contributed by atoms with Crippen molar-refractivity contribution in [3.63, 3.8) is 0 Å². The van der Waals surface area contributed by atoms with Gasteiger partial charge in [-0.05, 0) is 12.8 Å². The van der Waals surface area contributed by atoms with Crippen molar-refractivity contribution in [3.05, 3.63) is 28.9 Å². The van der Waals surface area contributed by atoms with Crippen LogP contribution >= 0.6 is 11.6 Å². The Morgan fingerprint density at radius 2 is 2.00 bits per heavy atom. The van der Waals surface area contributed by atoms with Crippen LogP contribution in [0.5, 0.6) is 0 Å². The van der Waals surface area contributed by atoms with E-state index in [9.17, 15) is 4.39 Å². The van der Waals surface area contributed by atoms with Crippen LogP contribution in [0.25, 0.3) is 11.1 Å². The number of benzene rings is 1. The van der Waals surface area contributed by atoms with E-state index in [1.54, 1.807) is 0 Å². The molecule has 0 unspecified atom stereocenters. The van der Waals surface area contributed by atoms with E-state index < -0.39 is 5.82 Å². The average Bonchev–Trinajstić information content (AvgIpc) is 2.74. The molecule has 1 aliphatic carbocycles. The molecular formula is C13H13ClFNO. The summed E-state index contributed by atoms with van der Waals surface area (Å²) in [7, 11) is 0. The Bertz CT molecular complexity index is 507. The van der Waals surface area contributed by atoms with Crippen molar-refractivity contribution < 1.29 is 8.81 Å². The van der Waals surface area contributed by atoms with Gasteiger partial charge in [0, 0.05) is 18.1 Å². The lowest BCUT2D eigenvalue weighted by molar-refractivity contribution is 0.373. The summed E-state index contributed by atoms with van der Waals surface area (Å²) in [5, 5.41) is 0.0869. The van der Waals surface area contributed by atoms with Crippen LogP contribution in [0.1, 0.15) is 43.9 Å². The van der Waals surface area contributed by atoms with Crippen molar-refractivity contribution in [2.45, 2.75) is 38.0 Å². The van der Waals surface area contributed by atoms with Crippen molar-refractivity contribution in [2.24, 2.45) is 0 Å². The first-order valence-corrected chi connectivity index (χ1v) is 6.37. The molecule has 1 heterocycles. The van der Waals surface area contributed by atoms with Gasteiger partial charge in [0.1, 0.15) is 11.3 Å². The van der Waals surface area contributed by atoms with Gasteiger partial charge in [-0.1, -0.05) is 30.9 Å². The van der Waals surface area contributed by atoms with Gasteiger partial charge in [0.15, 0.2) is 11.5 Å². The fraction of sp³-hybridized carbons (Fsp3) is 0.462. The number of hydrogen-bond donors (Lipinski definition) is 0. The van der Waals surface area contributed by atoms with E-state index in [4.69, 9.17) is 16.0 Å². The minimum absolute atomic E-state index is 0.0869. The van der Waals surface area contributed by atoms with Crippen molar-refractivity contribution >= 4 is 22.7 Å². The maximum absolute atomic E-state index is 13.3. The van der Waals surface area contributed by atoms with Crippen LogP contribution < -0.4 is 0 Å². The molecule has 0 bridgehead atoms. The predicted molar refractivity (Wildman–Crippen MR) is 64.8 cm³/mol. The molecule has 1 fully saturated rings. The number of oxazole rings is 1. The van der Waals surface area contributed by atoms with E-state index in [-0.39, 0.29) is 5.02 Å². The van der Waals surface area contributed by atoms with Gasteiger partial charge in [0.2, 0.25) is 0 Å². The summed E-state index contributed by atoms with van der Waals surface area (Å²) in [5.74, 6) is 0.682. The molecule has 2 aromatic rings. The molecule has 0 amide bonds. The lowest BCUT2D eigenvalue weighted by atomic mass is 9.89. The Balaban J connectivity index is 2.00. The van der Waals surface area contributed by atoms with Crippen LogP contribution in [0.4, 0.5) is 4.39 Å². The summed E-state index contributed by atoms with van der Waals surface area (Å²) in [5.41, 5.74) is 1.14. The average molecular weight is 254 g/mol. The van der Waals surface area contributed by atoms with Gasteiger partial charge in [-0.15, -0.1) is 0 Å². The highest BCUT2D eigenvalue weighted by Gasteiger charge is 2.21. The molecule has 1 aliphatic rings. The second-order valence-electron chi connectivity index (χ2n) is 4.62. The monoisotopic (exact) mass is 253 g/mol. The minimum Gasteiger partial charge on any atom is -0.440 e. The lowest BCUT2D eigenvalue weighted by Gasteiger charge is -2.17. The fourth-order valence-electron chi connectivity index (χ4n) is 2.47. The number of rotatable bonds is 1. The van der Waals surface area contributed by atoms with E-state index in [0.29, 0.717) is 17.0 Å². The van der Waals surface area contributed by atoms with Gasteiger partial charge in [-0.2, -0.15) is 0 Å². The van der Waals surface area contributed by atoms with Crippen molar-refractivity contribution in [1.29, 1.82) is 0 Å². The van der Waals surface area contributed by atoms with Crippen LogP contribution in [0, 0.1) is 5.82 Å². The third kappa shape index (κ3) is 2.04. The standard InChI is InChI=1S/C13H13ClFNO/c14-9-6-12-11(7-10(9)15)16-13(17-12)8-4-2-1-3-5-8/h6-8H,1-5H2. The van der Waals surface area contributed by atoms with Crippen LogP contribution in [0.2, 0.25) is 5.02 Å². The molecule has 0 radical (unpaired) electrons. The molecule has 2 nitrogen and oxygen atoms in total. The molecule has 1 saturated carbocycles. The quantitative estimate of drug-likeness (QED) is 0.738. The summed E-state index contributed by atoms with van der Waals surface area (Å²) in [6, 6.07) is 2.85. The van der Waals surface area contributed by atoms with Gasteiger partial charge in [0.05, 0.1) is 5.02 Å². The Labute approximate surface area is 104 Å². The number of halogens is 2. The molecule has 3 rings (SSSR count). The van der Waals surface area contributed by atoms with Crippen molar-refractivity contribution in [3.8, 4) is 0 Å². The highest BCUT2D eigenvalue weighted by molar-refractivity contribution is 6.31. The third-order valence-electron chi connectivity index (χ3n) is 3.40. The smallest absolute Gasteiger partial charge is 0.198 e. The fourth-order valence-corrected chi connectivity index (χ4v) is 2.62. The number of fused-ring (bicyclic) bond motifs is 1. The summed E-state index contributed by atoms with van der Waals surface area (Å²) in [4.78, 5) is 4.37. The SMILES string of the molecule is Fc1cc2nc(C3CCCCC3)oc2cc1Cl. The first-order chi connectivity index (χ1) is 8.24. The normalized spacial score (nSPS) is 17.8. The zero-order valence-corrected chi connectivity index (χ0v) is 10.1. The lowest BCUT2D eigenvalue weighted by Crippen LogP contribution is -2.04. The summed E-state index contributed by atoms with van der Waals surface area (Å²) >= 11 is 5.72. The van der Waals surface area contributed by atoms with E-state index >= 15 is 0 Å². The Hall–Kier alpha value is -1.09. The maximum atomic E-state index is 13.3. The molecule has 4 heteroatoms. The Morgan fingerprint density at radius 1 is 1.24 bits per heavy atom. The molecule has 0 spiro atoms. The predicted octanol–water partition coefficient (Wildman–Crippen LogP) is 4.67. The molecule has 1 aromatic heterocycles. The first-order valence-electron chi connectivity index (χ1n) is 5.99. The molecule has 0 atom stereocenters. The van der Waals surface area contributed by atoms with Crippen LogP contribution in [-0.4, -0.2) is 4.98 Å². The van der Waals surface area contributed by atoms with Crippen molar-refractivity contribution in [1.82, 2.24) is 4.98 Å². The number of nitrogens with zero attached hydrogens (tertiary/aromatic N) is 1. The minimum atomic E-state index is -0.442. The zero-order valence-electron chi connectivity index (χ0n) is 9.38. The summed E-state index contributed by atoms with van der Waals surface area (Å²) < 4.78 is 19.0. The van der Waals surface area contributed by atoms with Crippen LogP contribution in [-0.2, 0) is 0 Å². The van der Waals surface area contributed by atoms with Crippen LogP contribution in [0.3, 0.4) is 0 Å². The van der Waals surface area contributed by atoms with Gasteiger partial charge in [-0.3, -0.25) is 0 Å². The van der Waals surface area contributed by atoms with E-state index in [2.05, 4.69) is 4.98 Å². The largest absolute Gasteiger partial charge is 0.440 e. The van der Waals surface area contributed by atoms with Gasteiger partial charge in [0.25, 0.3) is 0 Å². The maximum Gasteiger partial charge on any atom is 0.198 e. The summed E-state index contributed by atoms with van der Waals surface area (Å²) in [6.07, 6.45) is 5.96. The van der Waals surface area contributed by atoms with Gasteiger partial charge < -0.3 is 4.42 Å². The Morgan fingerprint density at radius 3 is 2.76 bits per heavy atom. The Kier molecular flexibility index (Phi) is 2.79. The summed E-state index contributed by atoms with van der Waals surface area (Å²) in [6.45, 7) is 0. The van der Waals surface area contributed by atoms with Gasteiger partial charge >= 0.3 is 0 Å². The number of aromatic nitrogens is 1. The van der Waals surface area contributed by atoms with E-state index in [1.807, 2.05) is 0 Å². The third-order valence-corrected chi connectivity index (χ3v) is 3.69. The highest BCUT2D eigenvalue weighted by atomic mass is 35.5. The van der Waals surface area contributed by atoms with E-state index in [1.165, 1.54) is 31.4 Å². The van der Waals surface area contributed by atoms with E-state index in [0.717, 1.165) is 18.7 Å². The zero-order chi connectivity index (χ0) is 11.8. The van der Waals surface area contributed by atoms with Gasteiger partial charge in [-0.25, -0.2) is 9.37 Å². The second kappa shape index (κ2) is 4.30. The number of hydrogen-bond acceptors (Lipinski definition) is 2. The first kappa shape index (κ1) is 11.0. The second-order valence-corrected chi connectivity index (χ2v) is 5.03. The van der Waals surface area contributed by atoms with Crippen LogP contribution in [0.15, 0.2) is 16.5 Å². The highest BCUT2D eigenvalue weighted by Crippen LogP contribution is 2.34. The molecule has 0 saturated heterocycles. The molecular weight excluding hydrogens is 241 g/mol. The molecule has 0 aliphatic heterocycles. The molecule has 90 valence electrons.